The number of para-hydroxylation sites is 1. The van der Waals surface area contributed by atoms with Crippen LogP contribution < -0.4 is 16.0 Å². The number of rotatable bonds is 8. The summed E-state index contributed by atoms with van der Waals surface area (Å²) in [4.78, 5) is 28.1. The van der Waals surface area contributed by atoms with Gasteiger partial charge in [0.2, 0.25) is 5.91 Å². The summed E-state index contributed by atoms with van der Waals surface area (Å²) >= 11 is 6.01. The normalized spacial score (nSPS) is 20.6. The van der Waals surface area contributed by atoms with Crippen LogP contribution in [-0.4, -0.2) is 41.4 Å². The first-order valence-electron chi connectivity index (χ1n) is 13.3. The number of alkyl halides is 3. The molecule has 2 bridgehead atoms. The van der Waals surface area contributed by atoms with Gasteiger partial charge in [-0.25, -0.2) is 0 Å². The Kier molecular flexibility index (Phi) is 8.32. The number of nitrogens with zero attached hydrogens (tertiary/aromatic N) is 1. The summed E-state index contributed by atoms with van der Waals surface area (Å²) in [5, 5.41) is 9.32. The number of anilines is 2. The van der Waals surface area contributed by atoms with Crippen molar-refractivity contribution in [3.05, 3.63) is 94.5 Å². The maximum absolute atomic E-state index is 13.1. The van der Waals surface area contributed by atoms with Gasteiger partial charge in [-0.15, -0.1) is 0 Å². The van der Waals surface area contributed by atoms with E-state index in [-0.39, 0.29) is 29.7 Å². The Balaban J connectivity index is 1.14. The molecule has 0 spiro atoms. The molecule has 0 aromatic heterocycles. The lowest BCUT2D eigenvalue weighted by molar-refractivity contribution is -0.137. The molecule has 0 aliphatic carbocycles. The monoisotopic (exact) mass is 570 g/mol. The smallest absolute Gasteiger partial charge is 0.355 e. The lowest BCUT2D eigenvalue weighted by Crippen LogP contribution is -2.51. The first-order chi connectivity index (χ1) is 19.2. The van der Waals surface area contributed by atoms with Gasteiger partial charge < -0.3 is 16.0 Å². The number of piperidine rings is 1. The molecule has 3 aromatic carbocycles. The molecule has 2 aliphatic heterocycles. The van der Waals surface area contributed by atoms with Crippen LogP contribution >= 0.6 is 11.6 Å². The van der Waals surface area contributed by atoms with Crippen molar-refractivity contribution in [2.24, 2.45) is 0 Å². The lowest BCUT2D eigenvalue weighted by atomic mass is 9.96. The van der Waals surface area contributed by atoms with E-state index in [1.807, 2.05) is 24.3 Å². The van der Waals surface area contributed by atoms with E-state index in [0.29, 0.717) is 17.8 Å². The van der Waals surface area contributed by atoms with Gasteiger partial charge in [-0.1, -0.05) is 41.9 Å². The Bertz CT molecular complexity index is 1350. The van der Waals surface area contributed by atoms with Gasteiger partial charge in [-0.3, -0.25) is 14.5 Å². The van der Waals surface area contributed by atoms with Crippen LogP contribution in [0.2, 0.25) is 5.02 Å². The Morgan fingerprint density at radius 2 is 1.62 bits per heavy atom. The zero-order valence-corrected chi connectivity index (χ0v) is 22.4. The van der Waals surface area contributed by atoms with Crippen LogP contribution in [0, 0.1) is 0 Å². The molecule has 0 radical (unpaired) electrons. The van der Waals surface area contributed by atoms with Crippen LogP contribution in [-0.2, 0) is 17.5 Å². The zero-order chi connectivity index (χ0) is 28.3. The molecule has 0 saturated carbocycles. The molecule has 2 saturated heterocycles. The summed E-state index contributed by atoms with van der Waals surface area (Å²) in [7, 11) is 0. The third kappa shape index (κ3) is 6.77. The minimum absolute atomic E-state index is 0.0400. The highest BCUT2D eigenvalue weighted by atomic mass is 35.5. The van der Waals surface area contributed by atoms with Crippen molar-refractivity contribution in [2.45, 2.75) is 56.5 Å². The van der Waals surface area contributed by atoms with Gasteiger partial charge in [0.25, 0.3) is 5.91 Å². The third-order valence-electron chi connectivity index (χ3n) is 7.58. The molecule has 3 atom stereocenters. The van der Waals surface area contributed by atoms with Gasteiger partial charge in [-0.05, 0) is 73.7 Å². The van der Waals surface area contributed by atoms with E-state index >= 15 is 0 Å². The topological polar surface area (TPSA) is 73.5 Å². The summed E-state index contributed by atoms with van der Waals surface area (Å²) in [6.07, 6.45) is -0.579. The maximum Gasteiger partial charge on any atom is 0.416 e. The Morgan fingerprint density at radius 1 is 0.925 bits per heavy atom. The molecule has 5 rings (SSSR count). The first-order valence-corrected chi connectivity index (χ1v) is 13.6. The van der Waals surface area contributed by atoms with Gasteiger partial charge in [0.05, 0.1) is 23.4 Å². The van der Waals surface area contributed by atoms with Crippen molar-refractivity contribution < 1.29 is 22.8 Å². The second-order valence-electron chi connectivity index (χ2n) is 10.4. The molecule has 2 fully saturated rings. The highest BCUT2D eigenvalue weighted by molar-refractivity contribution is 6.30. The second-order valence-corrected chi connectivity index (χ2v) is 10.8. The van der Waals surface area contributed by atoms with Crippen LogP contribution in [0.3, 0.4) is 0 Å². The number of amides is 2. The molecule has 2 amide bonds. The fraction of sp³-hybridized carbons (Fsp3) is 0.333. The predicted octanol–water partition coefficient (Wildman–Crippen LogP) is 6.14. The number of hydrogen-bond donors (Lipinski definition) is 3. The van der Waals surface area contributed by atoms with Gasteiger partial charge in [-0.2, -0.15) is 13.2 Å². The Labute approximate surface area is 235 Å². The van der Waals surface area contributed by atoms with Crippen LogP contribution in [0.1, 0.15) is 47.2 Å². The van der Waals surface area contributed by atoms with E-state index in [2.05, 4.69) is 20.9 Å². The van der Waals surface area contributed by atoms with Gasteiger partial charge in [0.15, 0.2) is 0 Å². The highest BCUT2D eigenvalue weighted by Crippen LogP contribution is 2.37. The first kappa shape index (κ1) is 28.0. The highest BCUT2D eigenvalue weighted by Gasteiger charge is 2.41. The van der Waals surface area contributed by atoms with E-state index in [0.717, 1.165) is 49.4 Å². The predicted molar refractivity (Wildman–Crippen MR) is 148 cm³/mol. The van der Waals surface area contributed by atoms with Crippen LogP contribution in [0.5, 0.6) is 0 Å². The molecule has 2 heterocycles. The fourth-order valence-corrected chi connectivity index (χ4v) is 5.83. The number of carbonyl (C=O) groups is 2. The van der Waals surface area contributed by atoms with E-state index < -0.39 is 17.6 Å². The SMILES string of the molecule is O=C(CNC(=O)c1ccccc1Nc1cccc(C(F)(F)F)c1)N[C@@H]1C[C@H]2CC[C@@H](C1)N2Cc1ccc(Cl)cc1. The summed E-state index contributed by atoms with van der Waals surface area (Å²) in [6.45, 7) is 0.661. The molecule has 210 valence electrons. The number of nitrogens with one attached hydrogen (secondary N) is 3. The van der Waals surface area contributed by atoms with E-state index in [4.69, 9.17) is 11.6 Å². The van der Waals surface area contributed by atoms with Crippen molar-refractivity contribution in [3.63, 3.8) is 0 Å². The molecule has 10 heteroatoms. The summed E-state index contributed by atoms with van der Waals surface area (Å²) < 4.78 is 39.3. The van der Waals surface area contributed by atoms with E-state index in [1.54, 1.807) is 24.3 Å². The molecular weight excluding hydrogens is 541 g/mol. The quantitative estimate of drug-likeness (QED) is 0.304. The standard InChI is InChI=1S/C30H30ClF3N4O2/c31-21-10-8-19(9-11-21)18-38-24-12-13-25(38)16-23(15-24)37-28(39)17-35-29(40)26-6-1-2-7-27(26)36-22-5-3-4-20(14-22)30(32,33)34/h1-11,14,23-25,36H,12-13,15-18H2,(H,35,40)(H,37,39)/t23-,24-,25+. The minimum Gasteiger partial charge on any atom is -0.355 e. The van der Waals surface area contributed by atoms with Crippen LogP contribution in [0.4, 0.5) is 24.5 Å². The molecule has 0 unspecified atom stereocenters. The minimum atomic E-state index is -4.48. The average Bonchev–Trinajstić information content (AvgIpc) is 3.15. The average molecular weight is 571 g/mol. The molecule has 2 aliphatic rings. The number of fused-ring (bicyclic) bond motifs is 2. The van der Waals surface area contributed by atoms with Gasteiger partial charge in [0.1, 0.15) is 0 Å². The third-order valence-corrected chi connectivity index (χ3v) is 7.83. The van der Waals surface area contributed by atoms with Crippen molar-refractivity contribution >= 4 is 34.8 Å². The number of benzene rings is 3. The van der Waals surface area contributed by atoms with Crippen LogP contribution in [0.25, 0.3) is 0 Å². The largest absolute Gasteiger partial charge is 0.416 e. The Hall–Kier alpha value is -3.56. The van der Waals surface area contributed by atoms with Gasteiger partial charge >= 0.3 is 6.18 Å². The van der Waals surface area contributed by atoms with Crippen molar-refractivity contribution in [1.29, 1.82) is 0 Å². The molecular formula is C30H30ClF3N4O2. The molecule has 3 N–H and O–H groups in total. The lowest BCUT2D eigenvalue weighted by Gasteiger charge is -2.39. The molecule has 3 aromatic rings. The van der Waals surface area contributed by atoms with Crippen LogP contribution in [0.15, 0.2) is 72.8 Å². The van der Waals surface area contributed by atoms with E-state index in [1.165, 1.54) is 17.7 Å². The summed E-state index contributed by atoms with van der Waals surface area (Å²) in [5.41, 5.74) is 1.19. The van der Waals surface area contributed by atoms with E-state index in [9.17, 15) is 22.8 Å². The number of halogens is 4. The fourth-order valence-electron chi connectivity index (χ4n) is 5.70. The van der Waals surface area contributed by atoms with Crippen molar-refractivity contribution in [2.75, 3.05) is 11.9 Å². The zero-order valence-electron chi connectivity index (χ0n) is 21.7. The number of hydrogen-bond acceptors (Lipinski definition) is 4. The van der Waals surface area contributed by atoms with Gasteiger partial charge in [0, 0.05) is 35.4 Å². The Morgan fingerprint density at radius 3 is 2.33 bits per heavy atom. The number of carbonyl (C=O) groups excluding carboxylic acids is 2. The maximum atomic E-state index is 13.1. The second kappa shape index (κ2) is 11.9. The summed E-state index contributed by atoms with van der Waals surface area (Å²) in [6, 6.07) is 20.0. The molecule has 40 heavy (non-hydrogen) atoms. The van der Waals surface area contributed by atoms with Crippen molar-refractivity contribution in [3.8, 4) is 0 Å². The summed E-state index contributed by atoms with van der Waals surface area (Å²) in [5.74, 6) is -0.768. The van der Waals surface area contributed by atoms with Crippen molar-refractivity contribution in [1.82, 2.24) is 15.5 Å². The molecule has 6 nitrogen and oxygen atoms in total.